The number of benzene rings is 2. The van der Waals surface area contributed by atoms with Gasteiger partial charge in [-0.05, 0) is 30.7 Å². The first-order chi connectivity index (χ1) is 11.8. The van der Waals surface area contributed by atoms with E-state index in [1.165, 1.54) is 12.1 Å². The number of nitrogens with one attached hydrogen (secondary N) is 2. The fraction of sp³-hybridized carbons (Fsp3) is 0.235. The Morgan fingerprint density at radius 3 is 2.44 bits per heavy atom. The van der Waals surface area contributed by atoms with Crippen molar-refractivity contribution >= 4 is 21.7 Å². The molecule has 25 heavy (non-hydrogen) atoms. The molecule has 134 valence electrons. The average Bonchev–Trinajstić information content (AvgIpc) is 2.60. The molecule has 2 aromatic rings. The van der Waals surface area contributed by atoms with E-state index in [1.54, 1.807) is 0 Å². The minimum atomic E-state index is -3.97. The van der Waals surface area contributed by atoms with Crippen molar-refractivity contribution in [1.82, 2.24) is 4.72 Å². The van der Waals surface area contributed by atoms with Crippen molar-refractivity contribution in [3.05, 3.63) is 59.7 Å². The van der Waals surface area contributed by atoms with Crippen molar-refractivity contribution in [3.8, 4) is 0 Å². The Kier molecular flexibility index (Phi) is 6.13. The van der Waals surface area contributed by atoms with Gasteiger partial charge in [0, 0.05) is 12.6 Å². The van der Waals surface area contributed by atoms with E-state index in [-0.39, 0.29) is 35.3 Å². The van der Waals surface area contributed by atoms with Crippen molar-refractivity contribution in [3.63, 3.8) is 0 Å². The van der Waals surface area contributed by atoms with Crippen LogP contribution in [0.1, 0.15) is 28.9 Å². The first-order valence-corrected chi connectivity index (χ1v) is 9.13. The van der Waals surface area contributed by atoms with Crippen LogP contribution in [-0.4, -0.2) is 37.8 Å². The molecule has 0 radical (unpaired) electrons. The van der Waals surface area contributed by atoms with Gasteiger partial charge in [0.15, 0.2) is 0 Å². The number of rotatable bonds is 8. The van der Waals surface area contributed by atoms with Gasteiger partial charge in [-0.1, -0.05) is 30.3 Å². The summed E-state index contributed by atoms with van der Waals surface area (Å²) < 4.78 is 27.1. The molecule has 0 saturated heterocycles. The molecule has 4 N–H and O–H groups in total. The molecule has 0 bridgehead atoms. The van der Waals surface area contributed by atoms with Gasteiger partial charge in [-0.2, -0.15) is 0 Å². The third-order valence-electron chi connectivity index (χ3n) is 3.59. The van der Waals surface area contributed by atoms with Gasteiger partial charge in [-0.3, -0.25) is 0 Å². The Morgan fingerprint density at radius 2 is 1.84 bits per heavy atom. The highest BCUT2D eigenvalue weighted by Gasteiger charge is 2.21. The number of hydrogen-bond acceptors (Lipinski definition) is 5. The van der Waals surface area contributed by atoms with Gasteiger partial charge in [0.2, 0.25) is 10.0 Å². The standard InChI is InChI=1S/C17H20N2O5S/c1-12(13-5-3-2-4-6-13)19-15-8-7-14(17(21)22)11-16(15)25(23,24)18-9-10-20/h2-8,11-12,18-20H,9-10H2,1H3,(H,21,22)/t12-/m0/s1. The summed E-state index contributed by atoms with van der Waals surface area (Å²) in [6.07, 6.45) is 0. The van der Waals surface area contributed by atoms with Crippen LogP contribution >= 0.6 is 0 Å². The van der Waals surface area contributed by atoms with Gasteiger partial charge in [-0.25, -0.2) is 17.9 Å². The Bertz CT molecular complexity index is 837. The Hall–Kier alpha value is -2.42. The summed E-state index contributed by atoms with van der Waals surface area (Å²) in [5, 5.41) is 21.1. The topological polar surface area (TPSA) is 116 Å². The van der Waals surface area contributed by atoms with Crippen LogP contribution in [0.5, 0.6) is 0 Å². The normalized spacial score (nSPS) is 12.6. The molecule has 7 nitrogen and oxygen atoms in total. The van der Waals surface area contributed by atoms with Crippen LogP contribution in [0, 0.1) is 0 Å². The minimum absolute atomic E-state index is 0.137. The minimum Gasteiger partial charge on any atom is -0.478 e. The molecule has 0 heterocycles. The maximum absolute atomic E-state index is 12.4. The predicted octanol–water partition coefficient (Wildman–Crippen LogP) is 1.83. The maximum Gasteiger partial charge on any atom is 0.335 e. The smallest absolute Gasteiger partial charge is 0.335 e. The predicted molar refractivity (Wildman–Crippen MR) is 94.2 cm³/mol. The quantitative estimate of drug-likeness (QED) is 0.568. The first-order valence-electron chi connectivity index (χ1n) is 7.64. The Balaban J connectivity index is 2.41. The monoisotopic (exact) mass is 364 g/mol. The molecule has 1 atom stereocenters. The zero-order chi connectivity index (χ0) is 18.4. The second-order valence-electron chi connectivity index (χ2n) is 5.41. The number of hydrogen-bond donors (Lipinski definition) is 4. The zero-order valence-corrected chi connectivity index (χ0v) is 14.5. The summed E-state index contributed by atoms with van der Waals surface area (Å²) in [5.74, 6) is -1.22. The van der Waals surface area contributed by atoms with Gasteiger partial charge >= 0.3 is 5.97 Å². The van der Waals surface area contributed by atoms with Crippen LogP contribution < -0.4 is 10.0 Å². The number of aliphatic hydroxyl groups excluding tert-OH is 1. The Labute approximate surface area is 146 Å². The van der Waals surface area contributed by atoms with Crippen molar-refractivity contribution in [2.45, 2.75) is 17.9 Å². The van der Waals surface area contributed by atoms with Crippen molar-refractivity contribution in [2.75, 3.05) is 18.5 Å². The summed E-state index contributed by atoms with van der Waals surface area (Å²) in [5.41, 5.74) is 1.10. The molecule has 0 fully saturated rings. The molecular formula is C17H20N2O5S. The molecule has 2 aromatic carbocycles. The van der Waals surface area contributed by atoms with Gasteiger partial charge < -0.3 is 15.5 Å². The lowest BCUT2D eigenvalue weighted by Crippen LogP contribution is -2.28. The molecule has 0 aliphatic heterocycles. The summed E-state index contributed by atoms with van der Waals surface area (Å²) >= 11 is 0. The highest BCUT2D eigenvalue weighted by molar-refractivity contribution is 7.89. The van der Waals surface area contributed by atoms with Crippen molar-refractivity contribution in [2.24, 2.45) is 0 Å². The zero-order valence-electron chi connectivity index (χ0n) is 13.6. The molecule has 0 unspecified atom stereocenters. The van der Waals surface area contributed by atoms with Crippen LogP contribution in [-0.2, 0) is 10.0 Å². The number of aliphatic hydroxyl groups is 1. The fourth-order valence-electron chi connectivity index (χ4n) is 2.31. The lowest BCUT2D eigenvalue weighted by Gasteiger charge is -2.19. The van der Waals surface area contributed by atoms with Gasteiger partial charge in [0.1, 0.15) is 4.90 Å². The van der Waals surface area contributed by atoms with Gasteiger partial charge in [0.05, 0.1) is 17.9 Å². The summed E-state index contributed by atoms with van der Waals surface area (Å²) in [6.45, 7) is 1.35. The third kappa shape index (κ3) is 4.79. The van der Waals surface area contributed by atoms with Crippen LogP contribution in [0.4, 0.5) is 5.69 Å². The third-order valence-corrected chi connectivity index (χ3v) is 5.09. The van der Waals surface area contributed by atoms with E-state index in [0.29, 0.717) is 0 Å². The molecular weight excluding hydrogens is 344 g/mol. The second-order valence-corrected chi connectivity index (χ2v) is 7.15. The summed E-state index contributed by atoms with van der Waals surface area (Å²) in [6, 6.07) is 13.1. The highest BCUT2D eigenvalue weighted by atomic mass is 32.2. The van der Waals surface area contributed by atoms with Crippen LogP contribution in [0.2, 0.25) is 0 Å². The number of carboxylic acids is 1. The molecule has 0 aromatic heterocycles. The Morgan fingerprint density at radius 1 is 1.16 bits per heavy atom. The van der Waals surface area contributed by atoms with E-state index in [9.17, 15) is 13.2 Å². The molecule has 0 aliphatic rings. The summed E-state index contributed by atoms with van der Waals surface area (Å²) in [4.78, 5) is 11.0. The molecule has 0 saturated carbocycles. The maximum atomic E-state index is 12.4. The SMILES string of the molecule is C[C@H](Nc1ccc(C(=O)O)cc1S(=O)(=O)NCCO)c1ccccc1. The largest absolute Gasteiger partial charge is 0.478 e. The molecule has 0 amide bonds. The number of carboxylic acid groups (broad SMARTS) is 1. The van der Waals surface area contributed by atoms with E-state index in [0.717, 1.165) is 11.6 Å². The van der Waals surface area contributed by atoms with E-state index >= 15 is 0 Å². The van der Waals surface area contributed by atoms with E-state index < -0.39 is 16.0 Å². The summed E-state index contributed by atoms with van der Waals surface area (Å²) in [7, 11) is -3.97. The number of aromatic carboxylic acids is 1. The molecule has 8 heteroatoms. The molecule has 0 aliphatic carbocycles. The van der Waals surface area contributed by atoms with Crippen LogP contribution in [0.3, 0.4) is 0 Å². The van der Waals surface area contributed by atoms with Crippen LogP contribution in [0.25, 0.3) is 0 Å². The average molecular weight is 364 g/mol. The fourth-order valence-corrected chi connectivity index (χ4v) is 3.53. The highest BCUT2D eigenvalue weighted by Crippen LogP contribution is 2.27. The lowest BCUT2D eigenvalue weighted by atomic mass is 10.1. The van der Waals surface area contributed by atoms with E-state index in [4.69, 9.17) is 10.2 Å². The number of anilines is 1. The van der Waals surface area contributed by atoms with Gasteiger partial charge in [0.25, 0.3) is 0 Å². The van der Waals surface area contributed by atoms with Crippen molar-refractivity contribution < 1.29 is 23.4 Å². The molecule has 0 spiro atoms. The number of sulfonamides is 1. The molecule has 2 rings (SSSR count). The number of carbonyl (C=O) groups is 1. The first kappa shape index (κ1) is 18.9. The van der Waals surface area contributed by atoms with Crippen molar-refractivity contribution in [1.29, 1.82) is 0 Å². The van der Waals surface area contributed by atoms with E-state index in [2.05, 4.69) is 10.0 Å². The lowest BCUT2D eigenvalue weighted by molar-refractivity contribution is 0.0696. The van der Waals surface area contributed by atoms with Crippen LogP contribution in [0.15, 0.2) is 53.4 Å². The van der Waals surface area contributed by atoms with E-state index in [1.807, 2.05) is 37.3 Å². The van der Waals surface area contributed by atoms with Gasteiger partial charge in [-0.15, -0.1) is 0 Å². The second kappa shape index (κ2) is 8.11.